The minimum Gasteiger partial charge on any atom is -0.496 e. The van der Waals surface area contributed by atoms with Gasteiger partial charge in [-0.1, -0.05) is 13.8 Å². The normalized spacial score (nSPS) is 11.0. The number of hydrogen-bond acceptors (Lipinski definition) is 3. The van der Waals surface area contributed by atoms with Gasteiger partial charge in [-0.15, -0.1) is 0 Å². The van der Waals surface area contributed by atoms with Crippen molar-refractivity contribution < 1.29 is 4.74 Å². The SMILES string of the molecule is COc1ccc(-c2cc(CCN)[nH]n2)cc1C(C)C. The van der Waals surface area contributed by atoms with Crippen molar-refractivity contribution in [2.24, 2.45) is 5.73 Å². The van der Waals surface area contributed by atoms with Gasteiger partial charge >= 0.3 is 0 Å². The lowest BCUT2D eigenvalue weighted by atomic mass is 9.98. The molecule has 102 valence electrons. The highest BCUT2D eigenvalue weighted by Gasteiger charge is 2.11. The Morgan fingerprint density at radius 1 is 1.32 bits per heavy atom. The number of hydrogen-bond donors (Lipinski definition) is 2. The highest BCUT2D eigenvalue weighted by molar-refractivity contribution is 5.62. The van der Waals surface area contributed by atoms with E-state index < -0.39 is 0 Å². The quantitative estimate of drug-likeness (QED) is 0.867. The molecule has 0 atom stereocenters. The molecule has 1 heterocycles. The van der Waals surface area contributed by atoms with E-state index in [1.165, 1.54) is 5.56 Å². The molecule has 0 unspecified atom stereocenters. The number of nitrogens with two attached hydrogens (primary N) is 1. The summed E-state index contributed by atoms with van der Waals surface area (Å²) in [6.45, 7) is 4.94. The summed E-state index contributed by atoms with van der Waals surface area (Å²) in [6, 6.07) is 8.24. The third kappa shape index (κ3) is 2.96. The van der Waals surface area contributed by atoms with Crippen molar-refractivity contribution in [2.75, 3.05) is 13.7 Å². The van der Waals surface area contributed by atoms with Gasteiger partial charge in [0.15, 0.2) is 0 Å². The number of aromatic amines is 1. The lowest BCUT2D eigenvalue weighted by Gasteiger charge is -2.12. The summed E-state index contributed by atoms with van der Waals surface area (Å²) in [5.74, 6) is 1.34. The molecule has 2 rings (SSSR count). The summed E-state index contributed by atoms with van der Waals surface area (Å²) in [7, 11) is 1.70. The number of rotatable bonds is 5. The van der Waals surface area contributed by atoms with Gasteiger partial charge in [-0.2, -0.15) is 5.10 Å². The van der Waals surface area contributed by atoms with Gasteiger partial charge in [0, 0.05) is 17.7 Å². The molecule has 1 aromatic heterocycles. The van der Waals surface area contributed by atoms with E-state index >= 15 is 0 Å². The zero-order valence-electron chi connectivity index (χ0n) is 11.7. The topological polar surface area (TPSA) is 63.9 Å². The fraction of sp³-hybridized carbons (Fsp3) is 0.400. The van der Waals surface area contributed by atoms with Crippen molar-refractivity contribution >= 4 is 0 Å². The average Bonchev–Trinajstić information content (AvgIpc) is 2.87. The molecule has 0 amide bonds. The zero-order chi connectivity index (χ0) is 13.8. The molecule has 0 aliphatic heterocycles. The minimum atomic E-state index is 0.414. The standard InChI is InChI=1S/C15H21N3O/c1-10(2)13-8-11(4-5-15(13)19-3)14-9-12(6-7-16)17-18-14/h4-5,8-10H,6-7,16H2,1-3H3,(H,17,18). The Labute approximate surface area is 114 Å². The maximum Gasteiger partial charge on any atom is 0.122 e. The monoisotopic (exact) mass is 259 g/mol. The van der Waals surface area contributed by atoms with Gasteiger partial charge in [0.2, 0.25) is 0 Å². The van der Waals surface area contributed by atoms with E-state index in [9.17, 15) is 0 Å². The Morgan fingerprint density at radius 3 is 2.74 bits per heavy atom. The third-order valence-corrected chi connectivity index (χ3v) is 3.19. The first-order valence-corrected chi connectivity index (χ1v) is 6.58. The summed E-state index contributed by atoms with van der Waals surface area (Å²) in [5.41, 5.74) is 9.87. The smallest absolute Gasteiger partial charge is 0.122 e. The Balaban J connectivity index is 2.36. The van der Waals surface area contributed by atoms with Gasteiger partial charge in [-0.05, 0) is 42.3 Å². The largest absolute Gasteiger partial charge is 0.496 e. The third-order valence-electron chi connectivity index (χ3n) is 3.19. The summed E-state index contributed by atoms with van der Waals surface area (Å²) in [6.07, 6.45) is 0.820. The van der Waals surface area contributed by atoms with Crippen LogP contribution < -0.4 is 10.5 Å². The first-order valence-electron chi connectivity index (χ1n) is 6.58. The first kappa shape index (κ1) is 13.6. The summed E-state index contributed by atoms with van der Waals surface area (Å²) < 4.78 is 5.40. The molecule has 2 aromatic rings. The molecule has 4 nitrogen and oxygen atoms in total. The van der Waals surface area contributed by atoms with Gasteiger partial charge in [0.25, 0.3) is 0 Å². The second-order valence-electron chi connectivity index (χ2n) is 4.93. The van der Waals surface area contributed by atoms with Gasteiger partial charge < -0.3 is 10.5 Å². The Bertz CT molecular complexity index is 546. The van der Waals surface area contributed by atoms with E-state index in [0.29, 0.717) is 12.5 Å². The predicted octanol–water partition coefficient (Wildman–Crippen LogP) is 2.71. The maximum atomic E-state index is 5.55. The minimum absolute atomic E-state index is 0.414. The lowest BCUT2D eigenvalue weighted by molar-refractivity contribution is 0.407. The van der Waals surface area contributed by atoms with Gasteiger partial charge in [-0.25, -0.2) is 0 Å². The molecule has 19 heavy (non-hydrogen) atoms. The van der Waals surface area contributed by atoms with Crippen molar-refractivity contribution in [1.29, 1.82) is 0 Å². The summed E-state index contributed by atoms with van der Waals surface area (Å²) in [5, 5.41) is 7.36. The fourth-order valence-corrected chi connectivity index (χ4v) is 2.14. The van der Waals surface area contributed by atoms with E-state index in [1.807, 2.05) is 12.1 Å². The van der Waals surface area contributed by atoms with Gasteiger partial charge in [0.05, 0.1) is 12.8 Å². The summed E-state index contributed by atoms with van der Waals surface area (Å²) >= 11 is 0. The van der Waals surface area contributed by atoms with Crippen LogP contribution in [-0.2, 0) is 6.42 Å². The van der Waals surface area contributed by atoms with Crippen LogP contribution in [0.4, 0.5) is 0 Å². The van der Waals surface area contributed by atoms with E-state index in [4.69, 9.17) is 10.5 Å². The number of ether oxygens (including phenoxy) is 1. The number of H-pyrrole nitrogens is 1. The molecule has 0 radical (unpaired) electrons. The average molecular weight is 259 g/mol. The van der Waals surface area contributed by atoms with E-state index in [0.717, 1.165) is 29.1 Å². The molecule has 0 saturated heterocycles. The predicted molar refractivity (Wildman–Crippen MR) is 77.4 cm³/mol. The van der Waals surface area contributed by atoms with Crippen LogP contribution in [0.3, 0.4) is 0 Å². The van der Waals surface area contributed by atoms with Crippen LogP contribution in [0.15, 0.2) is 24.3 Å². The number of nitrogens with one attached hydrogen (secondary N) is 1. The van der Waals surface area contributed by atoms with Crippen molar-refractivity contribution in [1.82, 2.24) is 10.2 Å². The summed E-state index contributed by atoms with van der Waals surface area (Å²) in [4.78, 5) is 0. The van der Waals surface area contributed by atoms with Crippen LogP contribution >= 0.6 is 0 Å². The van der Waals surface area contributed by atoms with E-state index in [1.54, 1.807) is 7.11 Å². The molecule has 0 bridgehead atoms. The van der Waals surface area contributed by atoms with Crippen LogP contribution in [0.5, 0.6) is 5.75 Å². The van der Waals surface area contributed by atoms with Crippen molar-refractivity contribution in [2.45, 2.75) is 26.2 Å². The lowest BCUT2D eigenvalue weighted by Crippen LogP contribution is -2.02. The molecule has 0 fully saturated rings. The van der Waals surface area contributed by atoms with Crippen LogP contribution in [-0.4, -0.2) is 23.9 Å². The number of nitrogens with zero attached hydrogens (tertiary/aromatic N) is 1. The molecular weight excluding hydrogens is 238 g/mol. The highest BCUT2D eigenvalue weighted by Crippen LogP contribution is 2.30. The molecule has 0 spiro atoms. The molecular formula is C15H21N3O. The molecule has 0 aliphatic carbocycles. The number of benzene rings is 1. The van der Waals surface area contributed by atoms with Crippen molar-refractivity contribution in [3.05, 3.63) is 35.5 Å². The van der Waals surface area contributed by atoms with Crippen molar-refractivity contribution in [3.8, 4) is 17.0 Å². The molecule has 4 heteroatoms. The first-order chi connectivity index (χ1) is 9.15. The molecule has 3 N–H and O–H groups in total. The Hall–Kier alpha value is -1.81. The Kier molecular flexibility index (Phi) is 4.22. The fourth-order valence-electron chi connectivity index (χ4n) is 2.14. The maximum absolute atomic E-state index is 5.55. The van der Waals surface area contributed by atoms with E-state index in [-0.39, 0.29) is 0 Å². The second-order valence-corrected chi connectivity index (χ2v) is 4.93. The number of aromatic nitrogens is 2. The van der Waals surface area contributed by atoms with Crippen LogP contribution in [0.1, 0.15) is 31.0 Å². The van der Waals surface area contributed by atoms with E-state index in [2.05, 4.69) is 36.2 Å². The second kappa shape index (κ2) is 5.89. The van der Waals surface area contributed by atoms with Crippen LogP contribution in [0.2, 0.25) is 0 Å². The Morgan fingerprint density at radius 2 is 2.11 bits per heavy atom. The van der Waals surface area contributed by atoms with Crippen molar-refractivity contribution in [3.63, 3.8) is 0 Å². The molecule has 0 aliphatic rings. The highest BCUT2D eigenvalue weighted by atomic mass is 16.5. The van der Waals surface area contributed by atoms with Gasteiger partial charge in [0.1, 0.15) is 5.75 Å². The number of methoxy groups -OCH3 is 1. The molecule has 0 saturated carbocycles. The van der Waals surface area contributed by atoms with Crippen LogP contribution in [0.25, 0.3) is 11.3 Å². The zero-order valence-corrected chi connectivity index (χ0v) is 11.7. The van der Waals surface area contributed by atoms with Crippen LogP contribution in [0, 0.1) is 0 Å². The molecule has 1 aromatic carbocycles. The van der Waals surface area contributed by atoms with Gasteiger partial charge in [-0.3, -0.25) is 5.10 Å².